The molecule has 2 aromatic carbocycles. The number of amides is 2. The maximum absolute atomic E-state index is 13.0. The van der Waals surface area contributed by atoms with Crippen molar-refractivity contribution in [3.8, 4) is 5.75 Å². The van der Waals surface area contributed by atoms with Crippen LogP contribution in [0.15, 0.2) is 54.6 Å². The number of nitrogens with zero attached hydrogens (tertiary/aromatic N) is 2. The van der Waals surface area contributed by atoms with Crippen LogP contribution >= 0.6 is 0 Å². The summed E-state index contributed by atoms with van der Waals surface area (Å²) in [5, 5.41) is 2.66. The van der Waals surface area contributed by atoms with Crippen molar-refractivity contribution in [1.82, 2.24) is 10.2 Å². The number of hydrogen-bond acceptors (Lipinski definition) is 4. The van der Waals surface area contributed by atoms with Gasteiger partial charge in [-0.15, -0.1) is 0 Å². The molecule has 1 aliphatic heterocycles. The van der Waals surface area contributed by atoms with Gasteiger partial charge in [0.15, 0.2) is 0 Å². The summed E-state index contributed by atoms with van der Waals surface area (Å²) in [6.07, 6.45) is -1.40. The highest BCUT2D eigenvalue weighted by atomic mass is 19.4. The number of benzene rings is 2. The summed E-state index contributed by atoms with van der Waals surface area (Å²) in [5.74, 6) is 0.0862. The molecule has 2 aromatic rings. The van der Waals surface area contributed by atoms with Crippen LogP contribution in [0.25, 0.3) is 6.08 Å². The van der Waals surface area contributed by atoms with Gasteiger partial charge in [-0.1, -0.05) is 18.2 Å². The fourth-order valence-electron chi connectivity index (χ4n) is 3.55. The number of alkyl halides is 3. The van der Waals surface area contributed by atoms with E-state index in [1.807, 2.05) is 4.90 Å². The maximum atomic E-state index is 13.0. The minimum Gasteiger partial charge on any atom is -0.497 e. The van der Waals surface area contributed by atoms with Gasteiger partial charge in [0.25, 0.3) is 0 Å². The average molecular weight is 461 g/mol. The van der Waals surface area contributed by atoms with Crippen LogP contribution < -0.4 is 15.0 Å². The fourth-order valence-corrected chi connectivity index (χ4v) is 3.55. The van der Waals surface area contributed by atoms with Gasteiger partial charge in [0.05, 0.1) is 12.7 Å². The molecule has 9 heteroatoms. The van der Waals surface area contributed by atoms with E-state index in [0.29, 0.717) is 37.6 Å². The van der Waals surface area contributed by atoms with Crippen LogP contribution in [0.1, 0.15) is 18.1 Å². The molecule has 1 heterocycles. The highest BCUT2D eigenvalue weighted by Gasteiger charge is 2.31. The summed E-state index contributed by atoms with van der Waals surface area (Å²) < 4.78 is 44.0. The van der Waals surface area contributed by atoms with E-state index < -0.39 is 23.7 Å². The van der Waals surface area contributed by atoms with Crippen molar-refractivity contribution in [2.24, 2.45) is 0 Å². The molecule has 0 radical (unpaired) electrons. The van der Waals surface area contributed by atoms with Crippen molar-refractivity contribution in [3.05, 3.63) is 65.7 Å². The number of nitrogens with one attached hydrogen (secondary N) is 1. The molecule has 1 N–H and O–H groups in total. The molecule has 3 rings (SSSR count). The van der Waals surface area contributed by atoms with Gasteiger partial charge in [-0.05, 0) is 48.9 Å². The van der Waals surface area contributed by atoms with Gasteiger partial charge in [0.1, 0.15) is 11.8 Å². The van der Waals surface area contributed by atoms with Crippen LogP contribution in [0.3, 0.4) is 0 Å². The molecule has 1 aliphatic rings. The summed E-state index contributed by atoms with van der Waals surface area (Å²) in [5.41, 5.74) is 0.593. The molecule has 0 aromatic heterocycles. The lowest BCUT2D eigenvalue weighted by molar-refractivity contribution is -0.137. The van der Waals surface area contributed by atoms with Gasteiger partial charge in [-0.25, -0.2) is 0 Å². The summed E-state index contributed by atoms with van der Waals surface area (Å²) >= 11 is 0. The van der Waals surface area contributed by atoms with Crippen molar-refractivity contribution < 1.29 is 27.5 Å². The van der Waals surface area contributed by atoms with E-state index >= 15 is 0 Å². The van der Waals surface area contributed by atoms with Crippen LogP contribution in [0.2, 0.25) is 0 Å². The third-order valence-electron chi connectivity index (χ3n) is 5.40. The van der Waals surface area contributed by atoms with Crippen LogP contribution in [-0.2, 0) is 15.8 Å². The highest BCUT2D eigenvalue weighted by molar-refractivity contribution is 5.95. The summed E-state index contributed by atoms with van der Waals surface area (Å²) in [4.78, 5) is 28.3. The molecule has 0 spiro atoms. The molecular formula is C24H26F3N3O3. The highest BCUT2D eigenvalue weighted by Crippen LogP contribution is 2.31. The van der Waals surface area contributed by atoms with Crippen molar-refractivity contribution in [1.29, 1.82) is 0 Å². The first-order valence-corrected chi connectivity index (χ1v) is 10.5. The maximum Gasteiger partial charge on any atom is 0.416 e. The molecule has 1 saturated heterocycles. The standard InChI is InChI=1S/C24H26F3N3O3/c1-17(28-22(31)11-8-18-6-9-21(33-2)10-7-18)23(32)30-14-12-29(13-15-30)20-5-3-4-19(16-20)24(25,26)27/h3-11,16-17H,12-15H2,1-2H3,(H,28,31)/b11-8+. The van der Waals surface area contributed by atoms with Crippen LogP contribution in [-0.4, -0.2) is 56.0 Å². The van der Waals surface area contributed by atoms with Crippen LogP contribution in [0.5, 0.6) is 5.75 Å². The number of ether oxygens (including phenoxy) is 1. The Balaban J connectivity index is 1.50. The van der Waals surface area contributed by atoms with E-state index in [4.69, 9.17) is 4.74 Å². The number of carbonyl (C=O) groups excluding carboxylic acids is 2. The number of methoxy groups -OCH3 is 1. The summed E-state index contributed by atoms with van der Waals surface area (Å²) in [6.45, 7) is 3.14. The second kappa shape index (κ2) is 10.4. The molecule has 1 fully saturated rings. The normalized spacial score (nSPS) is 15.4. The Hall–Kier alpha value is -3.49. The van der Waals surface area contributed by atoms with Gasteiger partial charge >= 0.3 is 6.18 Å². The van der Waals surface area contributed by atoms with E-state index in [1.54, 1.807) is 55.3 Å². The molecule has 2 amide bonds. The predicted molar refractivity (Wildman–Crippen MR) is 120 cm³/mol. The molecule has 1 unspecified atom stereocenters. The number of halogens is 3. The lowest BCUT2D eigenvalue weighted by Crippen LogP contribution is -2.54. The third-order valence-corrected chi connectivity index (χ3v) is 5.40. The Bertz CT molecular complexity index is 998. The zero-order valence-electron chi connectivity index (χ0n) is 18.4. The minimum atomic E-state index is -4.40. The van der Waals surface area contributed by atoms with E-state index in [1.165, 1.54) is 12.1 Å². The predicted octanol–water partition coefficient (Wildman–Crippen LogP) is 3.58. The molecule has 0 bridgehead atoms. The largest absolute Gasteiger partial charge is 0.497 e. The molecule has 1 atom stereocenters. The molecule has 6 nitrogen and oxygen atoms in total. The van der Waals surface area contributed by atoms with Crippen molar-refractivity contribution in [2.45, 2.75) is 19.1 Å². The number of anilines is 1. The first-order chi connectivity index (χ1) is 15.7. The topological polar surface area (TPSA) is 61.9 Å². The van der Waals surface area contributed by atoms with Gasteiger partial charge in [-0.2, -0.15) is 13.2 Å². The second-order valence-corrected chi connectivity index (χ2v) is 7.70. The molecule has 176 valence electrons. The molecule has 33 heavy (non-hydrogen) atoms. The van der Waals surface area contributed by atoms with Crippen LogP contribution in [0.4, 0.5) is 18.9 Å². The molecular weight excluding hydrogens is 435 g/mol. The lowest BCUT2D eigenvalue weighted by Gasteiger charge is -2.37. The van der Waals surface area contributed by atoms with Crippen molar-refractivity contribution in [2.75, 3.05) is 38.2 Å². The average Bonchev–Trinajstić information content (AvgIpc) is 2.82. The Labute approximate surface area is 190 Å². The van der Waals surface area contributed by atoms with E-state index in [0.717, 1.165) is 17.7 Å². The quantitative estimate of drug-likeness (QED) is 0.668. The Kier molecular flexibility index (Phi) is 7.63. The SMILES string of the molecule is COc1ccc(/C=C/C(=O)NC(C)C(=O)N2CCN(c3cccc(C(F)(F)F)c3)CC2)cc1. The summed E-state index contributed by atoms with van der Waals surface area (Å²) in [7, 11) is 1.57. The Morgan fingerprint density at radius 1 is 1.06 bits per heavy atom. The Morgan fingerprint density at radius 2 is 1.73 bits per heavy atom. The summed E-state index contributed by atoms with van der Waals surface area (Å²) in [6, 6.07) is 11.6. The smallest absolute Gasteiger partial charge is 0.416 e. The number of carbonyl (C=O) groups is 2. The van der Waals surface area contributed by atoms with Crippen LogP contribution in [0, 0.1) is 0 Å². The monoisotopic (exact) mass is 461 g/mol. The lowest BCUT2D eigenvalue weighted by atomic mass is 10.1. The van der Waals surface area contributed by atoms with Gasteiger partial charge < -0.3 is 19.9 Å². The number of rotatable bonds is 6. The van der Waals surface area contributed by atoms with Crippen molar-refractivity contribution in [3.63, 3.8) is 0 Å². The zero-order valence-corrected chi connectivity index (χ0v) is 18.4. The fraction of sp³-hybridized carbons (Fsp3) is 0.333. The first kappa shape index (κ1) is 24.2. The number of hydrogen-bond donors (Lipinski definition) is 1. The van der Waals surface area contributed by atoms with Gasteiger partial charge in [0.2, 0.25) is 11.8 Å². The van der Waals surface area contributed by atoms with E-state index in [9.17, 15) is 22.8 Å². The third kappa shape index (κ3) is 6.50. The van der Waals surface area contributed by atoms with Crippen molar-refractivity contribution >= 4 is 23.6 Å². The van der Waals surface area contributed by atoms with E-state index in [2.05, 4.69) is 5.32 Å². The molecule has 0 saturated carbocycles. The first-order valence-electron chi connectivity index (χ1n) is 10.5. The van der Waals surface area contributed by atoms with Gasteiger partial charge in [0, 0.05) is 37.9 Å². The molecule has 0 aliphatic carbocycles. The van der Waals surface area contributed by atoms with Gasteiger partial charge in [-0.3, -0.25) is 9.59 Å². The minimum absolute atomic E-state index is 0.232. The number of piperazine rings is 1. The second-order valence-electron chi connectivity index (χ2n) is 7.70. The zero-order chi connectivity index (χ0) is 24.0. The van der Waals surface area contributed by atoms with E-state index in [-0.39, 0.29) is 5.91 Å². The Morgan fingerprint density at radius 3 is 2.33 bits per heavy atom.